The van der Waals surface area contributed by atoms with Gasteiger partial charge in [-0.1, -0.05) is 0 Å². The number of halogens is 8. The van der Waals surface area contributed by atoms with Gasteiger partial charge in [0.2, 0.25) is 0 Å². The van der Waals surface area contributed by atoms with E-state index in [2.05, 4.69) is 26.6 Å². The Hall–Kier alpha value is -3.93. The van der Waals surface area contributed by atoms with Gasteiger partial charge in [0.1, 0.15) is 46.1 Å². The van der Waals surface area contributed by atoms with Crippen LogP contribution >= 0.6 is 28.3 Å². The highest BCUT2D eigenvalue weighted by molar-refractivity contribution is 9.10. The molecule has 3 aromatic carbocycles. The number of hydrogen-bond acceptors (Lipinski definition) is 8. The highest BCUT2D eigenvalue weighted by atomic mass is 79.9. The van der Waals surface area contributed by atoms with E-state index in [4.69, 9.17) is 9.47 Å². The first kappa shape index (κ1) is 53.2. The molecule has 0 bridgehead atoms. The van der Waals surface area contributed by atoms with Crippen molar-refractivity contribution in [2.24, 2.45) is 0 Å². The van der Waals surface area contributed by atoms with Crippen LogP contribution in [0, 0.1) is 55.7 Å². The lowest BCUT2D eigenvalue weighted by Crippen LogP contribution is -2.50. The van der Waals surface area contributed by atoms with Gasteiger partial charge in [0.15, 0.2) is 0 Å². The number of aryl methyl sites for hydroxylation is 3. The molecule has 3 fully saturated rings. The SMILES string of the molecule is CC(C)(C)OC(=O)N1CCNCC1.Cc1cc(Br)c(F)cc1F.Cc1cc(N2CCN(C(=O)OC(C)(C)C)CC2)c(F)cc1F.Cc1cc(N2CCNCC2)c(F)cc1F.Cl. The number of carbonyl (C=O) groups is 2. The molecule has 0 aromatic heterocycles. The van der Waals surface area contributed by atoms with E-state index in [-0.39, 0.29) is 30.2 Å². The Kier molecular flexibility index (Phi) is 21.0. The van der Waals surface area contributed by atoms with E-state index < -0.39 is 40.5 Å². The van der Waals surface area contributed by atoms with Crippen LogP contribution in [0.1, 0.15) is 58.2 Å². The minimum atomic E-state index is -0.575. The lowest BCUT2D eigenvalue weighted by Gasteiger charge is -2.37. The van der Waals surface area contributed by atoms with Crippen LogP contribution in [-0.2, 0) is 9.47 Å². The summed E-state index contributed by atoms with van der Waals surface area (Å²) in [6.07, 6.45) is -0.558. The van der Waals surface area contributed by atoms with Crippen LogP contribution in [0.15, 0.2) is 40.9 Å². The summed E-state index contributed by atoms with van der Waals surface area (Å²) in [5.74, 6) is -3.15. The Balaban J connectivity index is 0.000000290. The summed E-state index contributed by atoms with van der Waals surface area (Å²) >= 11 is 2.94. The fraction of sp³-hybridized carbons (Fsp3) is 0.535. The predicted molar refractivity (Wildman–Crippen MR) is 234 cm³/mol. The van der Waals surface area contributed by atoms with Gasteiger partial charge in [0.05, 0.1) is 15.8 Å². The van der Waals surface area contributed by atoms with Crippen molar-refractivity contribution in [1.82, 2.24) is 20.4 Å². The maximum atomic E-state index is 13.9. The fourth-order valence-electron chi connectivity index (χ4n) is 5.93. The summed E-state index contributed by atoms with van der Waals surface area (Å²) in [7, 11) is 0. The van der Waals surface area contributed by atoms with E-state index in [1.807, 2.05) is 51.3 Å². The molecule has 3 aliphatic heterocycles. The molecule has 0 radical (unpaired) electrons. The molecule has 3 heterocycles. The molecule has 3 saturated heterocycles. The van der Waals surface area contributed by atoms with Crippen molar-refractivity contribution >= 4 is 51.9 Å². The van der Waals surface area contributed by atoms with E-state index >= 15 is 0 Å². The van der Waals surface area contributed by atoms with Crippen molar-refractivity contribution in [3.63, 3.8) is 0 Å². The third-order valence-corrected chi connectivity index (χ3v) is 9.76. The highest BCUT2D eigenvalue weighted by Crippen LogP contribution is 2.26. The molecule has 3 aromatic rings. The van der Waals surface area contributed by atoms with Gasteiger partial charge in [0, 0.05) is 96.7 Å². The molecule has 18 heteroatoms. The first-order valence-electron chi connectivity index (χ1n) is 19.9. The second-order valence-electron chi connectivity index (χ2n) is 16.5. The van der Waals surface area contributed by atoms with Gasteiger partial charge in [-0.2, -0.15) is 0 Å². The topological polar surface area (TPSA) is 89.6 Å². The number of benzene rings is 3. The Morgan fingerprint density at radius 1 is 0.508 bits per heavy atom. The standard InChI is InChI=1S/C16H22F2N2O2.C11H14F2N2.C9H18N2O2.C7H5BrF2.ClH/c1-11-9-14(13(18)10-12(11)17)19-5-7-20(8-6-19)15(21)22-16(2,3)4;1-8-6-11(10(13)7-9(8)12)15-4-2-14-3-5-15;1-9(2,3)13-8(12)11-6-4-10-5-7-11;1-4-2-5(8)7(10)3-6(4)9;/h9-10H,5-8H2,1-4H3;6-7,14H,2-5H2,1H3;10H,4-7H2,1-3H3;2-3H,1H3;1H. The summed E-state index contributed by atoms with van der Waals surface area (Å²) in [4.78, 5) is 30.6. The molecule has 342 valence electrons. The Morgan fingerprint density at radius 3 is 1.21 bits per heavy atom. The number of ether oxygens (including phenoxy) is 2. The average molecular weight is 954 g/mol. The first-order valence-corrected chi connectivity index (χ1v) is 20.6. The summed E-state index contributed by atoms with van der Waals surface area (Å²) in [6.45, 7) is 24.2. The van der Waals surface area contributed by atoms with Crippen LogP contribution in [0.5, 0.6) is 0 Å². The van der Waals surface area contributed by atoms with Gasteiger partial charge in [-0.3, -0.25) is 0 Å². The van der Waals surface area contributed by atoms with Crippen LogP contribution in [0.2, 0.25) is 0 Å². The molecular weight excluding hydrogens is 894 g/mol. The highest BCUT2D eigenvalue weighted by Gasteiger charge is 2.27. The minimum absolute atomic E-state index is 0. The largest absolute Gasteiger partial charge is 0.444 e. The smallest absolute Gasteiger partial charge is 0.410 e. The van der Waals surface area contributed by atoms with E-state index in [9.17, 15) is 35.9 Å². The number of carbonyl (C=O) groups excluding carboxylic acids is 2. The van der Waals surface area contributed by atoms with Gasteiger partial charge in [-0.15, -0.1) is 12.4 Å². The molecule has 61 heavy (non-hydrogen) atoms. The van der Waals surface area contributed by atoms with Gasteiger partial charge >= 0.3 is 12.2 Å². The zero-order valence-corrected chi connectivity index (χ0v) is 38.8. The van der Waals surface area contributed by atoms with E-state index in [1.165, 1.54) is 12.1 Å². The molecule has 0 unspecified atom stereocenters. The van der Waals surface area contributed by atoms with Crippen LogP contribution in [0.3, 0.4) is 0 Å². The van der Waals surface area contributed by atoms with Crippen LogP contribution < -0.4 is 20.4 Å². The minimum Gasteiger partial charge on any atom is -0.444 e. The third-order valence-electron chi connectivity index (χ3n) is 9.16. The molecule has 0 spiro atoms. The second-order valence-corrected chi connectivity index (χ2v) is 17.4. The lowest BCUT2D eigenvalue weighted by atomic mass is 10.1. The molecule has 10 nitrogen and oxygen atoms in total. The fourth-order valence-corrected chi connectivity index (χ4v) is 6.38. The maximum absolute atomic E-state index is 13.9. The average Bonchev–Trinajstić information content (AvgIpc) is 3.17. The van der Waals surface area contributed by atoms with Crippen molar-refractivity contribution in [3.05, 3.63) is 92.5 Å². The number of nitrogens with one attached hydrogen (secondary N) is 2. The number of anilines is 2. The van der Waals surface area contributed by atoms with Gasteiger partial charge in [0.25, 0.3) is 0 Å². The van der Waals surface area contributed by atoms with Crippen LogP contribution in [-0.4, -0.2) is 112 Å². The summed E-state index contributed by atoms with van der Waals surface area (Å²) in [5, 5.41) is 6.37. The number of hydrogen-bond donors (Lipinski definition) is 2. The van der Waals surface area contributed by atoms with Crippen LogP contribution in [0.25, 0.3) is 0 Å². The molecule has 0 saturated carbocycles. The van der Waals surface area contributed by atoms with Crippen molar-refractivity contribution in [3.8, 4) is 0 Å². The van der Waals surface area contributed by atoms with Gasteiger partial charge < -0.3 is 39.7 Å². The third kappa shape index (κ3) is 17.8. The Morgan fingerprint density at radius 2 is 0.836 bits per heavy atom. The van der Waals surface area contributed by atoms with Gasteiger partial charge in [-0.05, 0) is 113 Å². The summed E-state index contributed by atoms with van der Waals surface area (Å²) in [5.41, 5.74) is 1.30. The number of rotatable bonds is 2. The second kappa shape index (κ2) is 24.1. The van der Waals surface area contributed by atoms with E-state index in [0.717, 1.165) is 70.6 Å². The van der Waals surface area contributed by atoms with Crippen molar-refractivity contribution in [2.45, 2.75) is 73.5 Å². The quantitative estimate of drug-likeness (QED) is 0.194. The van der Waals surface area contributed by atoms with E-state index in [0.29, 0.717) is 58.7 Å². The van der Waals surface area contributed by atoms with Crippen molar-refractivity contribution in [2.75, 3.05) is 88.3 Å². The molecule has 0 atom stereocenters. The maximum Gasteiger partial charge on any atom is 0.410 e. The van der Waals surface area contributed by atoms with Crippen molar-refractivity contribution in [1.29, 1.82) is 0 Å². The normalized spacial score (nSPS) is 15.5. The lowest BCUT2D eigenvalue weighted by molar-refractivity contribution is 0.0223. The zero-order valence-electron chi connectivity index (χ0n) is 36.4. The number of piperazine rings is 3. The molecule has 2 amide bonds. The molecule has 0 aliphatic carbocycles. The molecule has 2 N–H and O–H groups in total. The van der Waals surface area contributed by atoms with Crippen LogP contribution in [0.4, 0.5) is 47.3 Å². The summed E-state index contributed by atoms with van der Waals surface area (Å²) in [6, 6.07) is 7.23. The Bertz CT molecular complexity index is 1850. The van der Waals surface area contributed by atoms with Gasteiger partial charge in [-0.25, -0.2) is 35.9 Å². The monoisotopic (exact) mass is 952 g/mol. The Labute approximate surface area is 370 Å². The first-order chi connectivity index (χ1) is 28.0. The number of amides is 2. The zero-order chi connectivity index (χ0) is 44.9. The number of nitrogens with zero attached hydrogens (tertiary/aromatic N) is 4. The molecule has 3 aliphatic rings. The molecule has 6 rings (SSSR count). The van der Waals surface area contributed by atoms with Crippen molar-refractivity contribution < 1.29 is 45.4 Å². The predicted octanol–water partition coefficient (Wildman–Crippen LogP) is 9.30. The molecular formula is C43H60BrClF6N6O4. The van der Waals surface area contributed by atoms with E-state index in [1.54, 1.807) is 36.6 Å². The summed E-state index contributed by atoms with van der Waals surface area (Å²) < 4.78 is 89.6.